The first-order valence-corrected chi connectivity index (χ1v) is 9.14. The minimum atomic E-state index is 0.113. The Kier molecular flexibility index (Phi) is 4.40. The Morgan fingerprint density at radius 3 is 2.80 bits per heavy atom. The molecule has 25 heavy (non-hydrogen) atoms. The van der Waals surface area contributed by atoms with Gasteiger partial charge in [-0.1, -0.05) is 30.3 Å². The van der Waals surface area contributed by atoms with Crippen LogP contribution in [0.3, 0.4) is 0 Å². The fraction of sp³-hybridized carbons (Fsp3) is 0.278. The Morgan fingerprint density at radius 1 is 1.24 bits per heavy atom. The van der Waals surface area contributed by atoms with E-state index in [1.54, 1.807) is 6.20 Å². The molecule has 0 radical (unpaired) electrons. The molecule has 128 valence electrons. The molecule has 0 saturated heterocycles. The molecule has 6 nitrogen and oxygen atoms in total. The van der Waals surface area contributed by atoms with E-state index in [4.69, 9.17) is 0 Å². The van der Waals surface area contributed by atoms with Gasteiger partial charge in [0.2, 0.25) is 5.95 Å². The molecular formula is C18H19BrN6. The first-order valence-electron chi connectivity index (χ1n) is 8.35. The first kappa shape index (κ1) is 16.1. The van der Waals surface area contributed by atoms with Gasteiger partial charge in [0.1, 0.15) is 0 Å². The molecule has 2 aromatic heterocycles. The zero-order chi connectivity index (χ0) is 17.2. The summed E-state index contributed by atoms with van der Waals surface area (Å²) in [6.07, 6.45) is 4.22. The maximum atomic E-state index is 4.57. The smallest absolute Gasteiger partial charge is 0.225 e. The Bertz CT molecular complexity index is 859. The predicted molar refractivity (Wildman–Crippen MR) is 102 cm³/mol. The van der Waals surface area contributed by atoms with Crippen LogP contribution in [0.4, 0.5) is 17.6 Å². The van der Waals surface area contributed by atoms with Crippen molar-refractivity contribution in [3.63, 3.8) is 0 Å². The first-order chi connectivity index (χ1) is 12.2. The van der Waals surface area contributed by atoms with Crippen molar-refractivity contribution in [2.45, 2.75) is 31.7 Å². The molecule has 0 spiro atoms. The number of aromatic amines is 1. The third kappa shape index (κ3) is 3.82. The Morgan fingerprint density at radius 2 is 2.04 bits per heavy atom. The lowest BCUT2D eigenvalue weighted by atomic mass is 10.1. The highest BCUT2D eigenvalue weighted by Crippen LogP contribution is 2.39. The lowest BCUT2D eigenvalue weighted by Gasteiger charge is -2.15. The van der Waals surface area contributed by atoms with Crippen LogP contribution < -0.4 is 10.6 Å². The van der Waals surface area contributed by atoms with E-state index >= 15 is 0 Å². The third-order valence-electron chi connectivity index (χ3n) is 4.25. The zero-order valence-electron chi connectivity index (χ0n) is 13.8. The van der Waals surface area contributed by atoms with Gasteiger partial charge in [-0.3, -0.25) is 5.10 Å². The minimum absolute atomic E-state index is 0.113. The van der Waals surface area contributed by atoms with Gasteiger partial charge in [-0.2, -0.15) is 10.1 Å². The van der Waals surface area contributed by atoms with Crippen LogP contribution >= 0.6 is 15.9 Å². The molecule has 4 rings (SSSR count). The predicted octanol–water partition coefficient (Wildman–Crippen LogP) is 4.76. The number of nitrogens with zero attached hydrogens (tertiary/aromatic N) is 3. The molecule has 1 fully saturated rings. The van der Waals surface area contributed by atoms with Crippen molar-refractivity contribution in [1.29, 1.82) is 0 Å². The van der Waals surface area contributed by atoms with Crippen molar-refractivity contribution in [3.8, 4) is 0 Å². The standard InChI is InChI=1S/C18H19BrN6/c1-11(12-5-3-2-4-6-12)21-18-20-10-14(19)17(23-18)22-16-9-15(24-25-16)13-7-8-13/h2-6,9-11,13H,7-8H2,1H3,(H3,20,21,22,23,24,25)/t11-/m0/s1. The molecule has 1 atom stereocenters. The maximum Gasteiger partial charge on any atom is 0.225 e. The molecule has 1 aliphatic carbocycles. The summed E-state index contributed by atoms with van der Waals surface area (Å²) in [5.41, 5.74) is 2.37. The lowest BCUT2D eigenvalue weighted by molar-refractivity contribution is 0.860. The van der Waals surface area contributed by atoms with Crippen LogP contribution in [0, 0.1) is 0 Å². The van der Waals surface area contributed by atoms with Crippen LogP contribution in [0.25, 0.3) is 0 Å². The second kappa shape index (κ2) is 6.84. The fourth-order valence-corrected chi connectivity index (χ4v) is 2.96. The second-order valence-corrected chi connectivity index (χ2v) is 7.13. The van der Waals surface area contributed by atoms with Gasteiger partial charge in [-0.05, 0) is 41.3 Å². The summed E-state index contributed by atoms with van der Waals surface area (Å²) < 4.78 is 0.793. The van der Waals surface area contributed by atoms with Gasteiger partial charge in [0.25, 0.3) is 0 Å². The number of benzene rings is 1. The van der Waals surface area contributed by atoms with Gasteiger partial charge in [-0.25, -0.2) is 4.98 Å². The van der Waals surface area contributed by atoms with Gasteiger partial charge in [0.05, 0.1) is 10.5 Å². The molecular weight excluding hydrogens is 380 g/mol. The number of hydrogen-bond donors (Lipinski definition) is 3. The van der Waals surface area contributed by atoms with Crippen LogP contribution in [0.2, 0.25) is 0 Å². The molecule has 3 N–H and O–H groups in total. The van der Waals surface area contributed by atoms with Crippen LogP contribution in [-0.2, 0) is 0 Å². The number of hydrogen-bond acceptors (Lipinski definition) is 5. The van der Waals surface area contributed by atoms with Crippen LogP contribution in [0.15, 0.2) is 47.1 Å². The number of halogens is 1. The van der Waals surface area contributed by atoms with E-state index in [0.717, 1.165) is 10.3 Å². The van der Waals surface area contributed by atoms with E-state index < -0.39 is 0 Å². The summed E-state index contributed by atoms with van der Waals surface area (Å²) in [6, 6.07) is 12.4. The van der Waals surface area contributed by atoms with Gasteiger partial charge in [-0.15, -0.1) is 0 Å². The van der Waals surface area contributed by atoms with Crippen molar-refractivity contribution in [1.82, 2.24) is 20.2 Å². The molecule has 1 saturated carbocycles. The van der Waals surface area contributed by atoms with Crippen LogP contribution in [0.5, 0.6) is 0 Å². The van der Waals surface area contributed by atoms with Crippen molar-refractivity contribution in [2.24, 2.45) is 0 Å². The molecule has 2 heterocycles. The van der Waals surface area contributed by atoms with Gasteiger partial charge >= 0.3 is 0 Å². The summed E-state index contributed by atoms with van der Waals surface area (Å²) >= 11 is 3.49. The second-order valence-electron chi connectivity index (χ2n) is 6.27. The highest BCUT2D eigenvalue weighted by molar-refractivity contribution is 9.10. The van der Waals surface area contributed by atoms with E-state index in [0.29, 0.717) is 17.7 Å². The third-order valence-corrected chi connectivity index (χ3v) is 4.83. The SMILES string of the molecule is C[C@H](Nc1ncc(Br)c(Nc2cc(C3CC3)[nH]n2)n1)c1ccccc1. The Hall–Kier alpha value is -2.41. The van der Waals surface area contributed by atoms with Crippen molar-refractivity contribution in [3.05, 3.63) is 58.3 Å². The fourth-order valence-electron chi connectivity index (χ4n) is 2.67. The van der Waals surface area contributed by atoms with E-state index in [1.165, 1.54) is 24.1 Å². The van der Waals surface area contributed by atoms with Crippen molar-refractivity contribution < 1.29 is 0 Å². The Balaban J connectivity index is 1.49. The molecule has 1 aliphatic rings. The molecule has 0 aliphatic heterocycles. The van der Waals surface area contributed by atoms with Gasteiger partial charge in [0, 0.05) is 23.9 Å². The number of nitrogens with one attached hydrogen (secondary N) is 3. The number of H-pyrrole nitrogens is 1. The summed E-state index contributed by atoms with van der Waals surface area (Å²) in [5, 5.41) is 14.0. The summed E-state index contributed by atoms with van der Waals surface area (Å²) in [7, 11) is 0. The molecule has 7 heteroatoms. The zero-order valence-corrected chi connectivity index (χ0v) is 15.4. The topological polar surface area (TPSA) is 78.5 Å². The molecule has 0 bridgehead atoms. The highest BCUT2D eigenvalue weighted by Gasteiger charge is 2.25. The lowest BCUT2D eigenvalue weighted by Crippen LogP contribution is -2.10. The molecule has 3 aromatic rings. The van der Waals surface area contributed by atoms with Gasteiger partial charge in [0.15, 0.2) is 11.6 Å². The number of rotatable bonds is 6. The summed E-state index contributed by atoms with van der Waals surface area (Å²) in [6.45, 7) is 2.09. The van der Waals surface area contributed by atoms with Gasteiger partial charge < -0.3 is 10.6 Å². The van der Waals surface area contributed by atoms with E-state index in [9.17, 15) is 0 Å². The van der Waals surface area contributed by atoms with E-state index in [2.05, 4.69) is 65.8 Å². The van der Waals surface area contributed by atoms with Crippen molar-refractivity contribution >= 4 is 33.5 Å². The van der Waals surface area contributed by atoms with Crippen molar-refractivity contribution in [2.75, 3.05) is 10.6 Å². The summed E-state index contributed by atoms with van der Waals surface area (Å²) in [5.74, 6) is 2.66. The normalized spacial score (nSPS) is 15.0. The van der Waals surface area contributed by atoms with E-state index in [-0.39, 0.29) is 6.04 Å². The largest absolute Gasteiger partial charge is 0.348 e. The number of anilines is 3. The minimum Gasteiger partial charge on any atom is -0.348 e. The highest BCUT2D eigenvalue weighted by atomic mass is 79.9. The molecule has 0 unspecified atom stereocenters. The summed E-state index contributed by atoms with van der Waals surface area (Å²) in [4.78, 5) is 8.92. The Labute approximate surface area is 154 Å². The monoisotopic (exact) mass is 398 g/mol. The quantitative estimate of drug-likeness (QED) is 0.557. The van der Waals surface area contributed by atoms with Crippen LogP contribution in [-0.4, -0.2) is 20.2 Å². The van der Waals surface area contributed by atoms with Crippen LogP contribution in [0.1, 0.15) is 43.0 Å². The maximum absolute atomic E-state index is 4.57. The molecule has 0 amide bonds. The molecule has 1 aromatic carbocycles. The average Bonchev–Trinajstić information content (AvgIpc) is 3.38. The average molecular weight is 399 g/mol. The van der Waals surface area contributed by atoms with E-state index in [1.807, 2.05) is 24.3 Å². The number of aromatic nitrogens is 4.